The number of aromatic carboxylic acids is 1. The van der Waals surface area contributed by atoms with Gasteiger partial charge in [0.15, 0.2) is 11.5 Å². The van der Waals surface area contributed by atoms with E-state index in [1.165, 1.54) is 24.1 Å². The minimum atomic E-state index is -0.983. The molecule has 0 aliphatic carbocycles. The number of benzene rings is 1. The number of carboxylic acid groups (broad SMARTS) is 1. The van der Waals surface area contributed by atoms with Crippen LogP contribution in [0.3, 0.4) is 0 Å². The van der Waals surface area contributed by atoms with Crippen LogP contribution in [-0.4, -0.2) is 24.8 Å². The van der Waals surface area contributed by atoms with Gasteiger partial charge in [0, 0.05) is 11.3 Å². The van der Waals surface area contributed by atoms with E-state index < -0.39 is 5.97 Å². The van der Waals surface area contributed by atoms with E-state index in [2.05, 4.69) is 6.07 Å². The Balaban J connectivity index is 2.01. The van der Waals surface area contributed by atoms with Gasteiger partial charge in [0.2, 0.25) is 0 Å². The molecule has 2 aromatic rings. The first kappa shape index (κ1) is 13.4. The summed E-state index contributed by atoms with van der Waals surface area (Å²) in [5, 5.41) is 10.9. The molecule has 0 bridgehead atoms. The monoisotopic (exact) mass is 278 g/mol. The molecule has 100 valence electrons. The molecule has 0 radical (unpaired) electrons. The third-order valence-electron chi connectivity index (χ3n) is 2.60. The van der Waals surface area contributed by atoms with Crippen molar-refractivity contribution in [2.45, 2.75) is 6.42 Å². The molecule has 1 aromatic carbocycles. The maximum absolute atomic E-state index is 10.9. The van der Waals surface area contributed by atoms with Crippen LogP contribution in [0.4, 0.5) is 0 Å². The Kier molecular flexibility index (Phi) is 4.41. The van der Waals surface area contributed by atoms with Gasteiger partial charge in [-0.1, -0.05) is 6.07 Å². The molecule has 0 fully saturated rings. The molecule has 1 N–H and O–H groups in total. The summed E-state index contributed by atoms with van der Waals surface area (Å²) < 4.78 is 10.8. The number of ether oxygens (including phenoxy) is 2. The molecule has 0 unspecified atom stereocenters. The van der Waals surface area contributed by atoms with Crippen LogP contribution in [0.1, 0.15) is 15.2 Å². The number of carboxylic acids is 1. The summed E-state index contributed by atoms with van der Waals surface area (Å²) in [5.41, 5.74) is 0.183. The van der Waals surface area contributed by atoms with Crippen LogP contribution >= 0.6 is 11.3 Å². The zero-order valence-electron chi connectivity index (χ0n) is 10.5. The van der Waals surface area contributed by atoms with Gasteiger partial charge in [-0.05, 0) is 29.6 Å². The number of carbonyl (C=O) groups is 1. The zero-order valence-corrected chi connectivity index (χ0v) is 11.3. The van der Waals surface area contributed by atoms with E-state index >= 15 is 0 Å². The standard InChI is InChI=1S/C14H14O4S/c1-17-13-9-10(14(15)16)4-5-12(13)18-7-6-11-3-2-8-19-11/h2-5,8-9H,6-7H2,1H3,(H,15,16). The summed E-state index contributed by atoms with van der Waals surface area (Å²) in [6.45, 7) is 0.531. The van der Waals surface area contributed by atoms with Crippen molar-refractivity contribution in [3.05, 3.63) is 46.2 Å². The van der Waals surface area contributed by atoms with Gasteiger partial charge < -0.3 is 14.6 Å². The minimum absolute atomic E-state index is 0.183. The highest BCUT2D eigenvalue weighted by molar-refractivity contribution is 7.09. The van der Waals surface area contributed by atoms with Crippen LogP contribution in [0.5, 0.6) is 11.5 Å². The van der Waals surface area contributed by atoms with Gasteiger partial charge in [-0.25, -0.2) is 4.79 Å². The first-order chi connectivity index (χ1) is 9.20. The Bertz CT molecular complexity index is 549. The van der Waals surface area contributed by atoms with Crippen molar-refractivity contribution in [3.8, 4) is 11.5 Å². The highest BCUT2D eigenvalue weighted by Gasteiger charge is 2.09. The molecule has 0 saturated carbocycles. The molecular weight excluding hydrogens is 264 g/mol. The van der Waals surface area contributed by atoms with E-state index in [1.54, 1.807) is 17.4 Å². The lowest BCUT2D eigenvalue weighted by Gasteiger charge is -2.10. The summed E-state index contributed by atoms with van der Waals surface area (Å²) in [5.74, 6) is 0.0126. The quantitative estimate of drug-likeness (QED) is 0.882. The summed E-state index contributed by atoms with van der Waals surface area (Å²) >= 11 is 1.69. The Hall–Kier alpha value is -2.01. The number of methoxy groups -OCH3 is 1. The normalized spacial score (nSPS) is 10.2. The molecule has 0 spiro atoms. The van der Waals surface area contributed by atoms with Crippen molar-refractivity contribution in [3.63, 3.8) is 0 Å². The average Bonchev–Trinajstić information content (AvgIpc) is 2.92. The van der Waals surface area contributed by atoms with Crippen molar-refractivity contribution in [2.24, 2.45) is 0 Å². The molecule has 5 heteroatoms. The smallest absolute Gasteiger partial charge is 0.335 e. The summed E-state index contributed by atoms with van der Waals surface area (Å²) in [4.78, 5) is 12.1. The molecule has 0 atom stereocenters. The lowest BCUT2D eigenvalue weighted by molar-refractivity contribution is 0.0696. The van der Waals surface area contributed by atoms with Crippen LogP contribution in [0.2, 0.25) is 0 Å². The van der Waals surface area contributed by atoms with Crippen LogP contribution in [0, 0.1) is 0 Å². The van der Waals surface area contributed by atoms with Crippen molar-refractivity contribution in [2.75, 3.05) is 13.7 Å². The first-order valence-electron chi connectivity index (χ1n) is 5.77. The topological polar surface area (TPSA) is 55.8 Å². The van der Waals surface area contributed by atoms with Crippen molar-refractivity contribution >= 4 is 17.3 Å². The molecule has 0 aliphatic rings. The minimum Gasteiger partial charge on any atom is -0.493 e. The fourth-order valence-electron chi connectivity index (χ4n) is 1.64. The van der Waals surface area contributed by atoms with Gasteiger partial charge in [-0.15, -0.1) is 11.3 Å². The predicted octanol–water partition coefficient (Wildman–Crippen LogP) is 3.08. The molecule has 1 aromatic heterocycles. The van der Waals surface area contributed by atoms with Gasteiger partial charge >= 0.3 is 5.97 Å². The number of rotatable bonds is 6. The average molecular weight is 278 g/mol. The third-order valence-corrected chi connectivity index (χ3v) is 3.53. The van der Waals surface area contributed by atoms with E-state index in [9.17, 15) is 4.79 Å². The van der Waals surface area contributed by atoms with Crippen LogP contribution in [-0.2, 0) is 6.42 Å². The van der Waals surface area contributed by atoms with Gasteiger partial charge in [0.1, 0.15) is 0 Å². The van der Waals surface area contributed by atoms with Crippen molar-refractivity contribution < 1.29 is 19.4 Å². The number of thiophene rings is 1. The highest BCUT2D eigenvalue weighted by atomic mass is 32.1. The van der Waals surface area contributed by atoms with E-state index in [0.717, 1.165) is 6.42 Å². The summed E-state index contributed by atoms with van der Waals surface area (Å²) in [6.07, 6.45) is 0.821. The van der Waals surface area contributed by atoms with Gasteiger partial charge in [0.25, 0.3) is 0 Å². The second-order valence-electron chi connectivity index (χ2n) is 3.85. The van der Waals surface area contributed by atoms with Gasteiger partial charge in [-0.2, -0.15) is 0 Å². The summed E-state index contributed by atoms with van der Waals surface area (Å²) in [7, 11) is 1.49. The first-order valence-corrected chi connectivity index (χ1v) is 6.65. The second kappa shape index (κ2) is 6.24. The molecule has 0 amide bonds. The van der Waals surface area contributed by atoms with Crippen LogP contribution in [0.15, 0.2) is 35.7 Å². The Morgan fingerprint density at radius 1 is 1.32 bits per heavy atom. The van der Waals surface area contributed by atoms with Crippen LogP contribution < -0.4 is 9.47 Å². The Labute approximate surface area is 115 Å². The van der Waals surface area contributed by atoms with Crippen LogP contribution in [0.25, 0.3) is 0 Å². The van der Waals surface area contributed by atoms with E-state index in [4.69, 9.17) is 14.6 Å². The number of hydrogen-bond acceptors (Lipinski definition) is 4. The SMILES string of the molecule is COc1cc(C(=O)O)ccc1OCCc1cccs1. The van der Waals surface area contributed by atoms with Gasteiger partial charge in [0.05, 0.1) is 19.3 Å². The molecular formula is C14H14O4S. The largest absolute Gasteiger partial charge is 0.493 e. The third kappa shape index (κ3) is 3.48. The van der Waals surface area contributed by atoms with E-state index in [-0.39, 0.29) is 5.56 Å². The maximum Gasteiger partial charge on any atom is 0.335 e. The molecule has 0 aliphatic heterocycles. The molecule has 2 rings (SSSR count). The molecule has 1 heterocycles. The fraction of sp³-hybridized carbons (Fsp3) is 0.214. The Morgan fingerprint density at radius 3 is 2.79 bits per heavy atom. The van der Waals surface area contributed by atoms with Gasteiger partial charge in [-0.3, -0.25) is 0 Å². The summed E-state index contributed by atoms with van der Waals surface area (Å²) in [6, 6.07) is 8.64. The fourth-order valence-corrected chi connectivity index (χ4v) is 2.33. The van der Waals surface area contributed by atoms with Crippen molar-refractivity contribution in [1.82, 2.24) is 0 Å². The zero-order chi connectivity index (χ0) is 13.7. The Morgan fingerprint density at radius 2 is 2.16 bits per heavy atom. The lowest BCUT2D eigenvalue weighted by Crippen LogP contribution is -2.03. The molecule has 0 saturated heterocycles. The van der Waals surface area contributed by atoms with E-state index in [1.807, 2.05) is 11.4 Å². The maximum atomic E-state index is 10.9. The second-order valence-corrected chi connectivity index (χ2v) is 4.88. The number of hydrogen-bond donors (Lipinski definition) is 1. The predicted molar refractivity (Wildman–Crippen MR) is 73.5 cm³/mol. The highest BCUT2D eigenvalue weighted by Crippen LogP contribution is 2.28. The lowest BCUT2D eigenvalue weighted by atomic mass is 10.2. The van der Waals surface area contributed by atoms with Crippen molar-refractivity contribution in [1.29, 1.82) is 0 Å². The molecule has 4 nitrogen and oxygen atoms in total. The van der Waals surface area contributed by atoms with E-state index in [0.29, 0.717) is 18.1 Å². The molecule has 19 heavy (non-hydrogen) atoms.